The lowest BCUT2D eigenvalue weighted by molar-refractivity contribution is 0.553. The third-order valence-electron chi connectivity index (χ3n) is 3.21. The lowest BCUT2D eigenvalue weighted by Gasteiger charge is -2.33. The minimum atomic E-state index is 0.717. The minimum Gasteiger partial charge on any atom is -0.0804 e. The van der Waals surface area contributed by atoms with Crippen LogP contribution < -0.4 is 0 Å². The number of benzene rings is 1. The molecule has 0 spiro atoms. The van der Waals surface area contributed by atoms with Crippen molar-refractivity contribution in [3.8, 4) is 0 Å². The van der Waals surface area contributed by atoms with Gasteiger partial charge in [-0.15, -0.1) is 0 Å². The number of halogens is 1. The summed E-state index contributed by atoms with van der Waals surface area (Å²) >= 11 is 2.40. The van der Waals surface area contributed by atoms with Crippen LogP contribution >= 0.6 is 22.6 Å². The van der Waals surface area contributed by atoms with Crippen LogP contribution in [0.2, 0.25) is 0 Å². The summed E-state index contributed by atoms with van der Waals surface area (Å²) in [4.78, 5) is 0. The van der Waals surface area contributed by atoms with Gasteiger partial charge in [-0.05, 0) is 58.7 Å². The summed E-state index contributed by atoms with van der Waals surface area (Å²) in [5, 5.41) is 0. The van der Waals surface area contributed by atoms with Crippen molar-refractivity contribution in [3.63, 3.8) is 0 Å². The molecule has 0 amide bonds. The molecule has 1 heteroatoms. The summed E-state index contributed by atoms with van der Waals surface area (Å²) in [5.41, 5.74) is 3.17. The average molecular weight is 282 g/mol. The van der Waals surface area contributed by atoms with Gasteiger partial charge in [0.1, 0.15) is 0 Å². The van der Waals surface area contributed by atoms with Gasteiger partial charge in [-0.2, -0.15) is 0 Å². The number of hydrogen-bond acceptors (Lipinski definition) is 0. The van der Waals surface area contributed by atoms with Crippen molar-refractivity contribution < 1.29 is 0 Å². The topological polar surface area (TPSA) is 0 Å². The second kappa shape index (κ2) is 2.84. The Kier molecular flexibility index (Phi) is 1.76. The van der Waals surface area contributed by atoms with Crippen molar-refractivity contribution in [1.82, 2.24) is 0 Å². The lowest BCUT2D eigenvalue weighted by Crippen LogP contribution is -2.16. The summed E-state index contributed by atoms with van der Waals surface area (Å²) in [5.74, 6) is 1.44. The molecule has 0 saturated heterocycles. The summed E-state index contributed by atoms with van der Waals surface area (Å²) in [6.45, 7) is 0. The van der Waals surface area contributed by atoms with Gasteiger partial charge < -0.3 is 0 Å². The quantitative estimate of drug-likeness (QED) is 0.501. The van der Waals surface area contributed by atoms with E-state index in [1.165, 1.54) is 16.4 Å². The Morgan fingerprint density at radius 2 is 1.69 bits per heavy atom. The zero-order valence-electron chi connectivity index (χ0n) is 7.33. The van der Waals surface area contributed by atoms with Crippen LogP contribution in [0, 0.1) is 3.57 Å². The van der Waals surface area contributed by atoms with Crippen molar-refractivity contribution in [2.24, 2.45) is 0 Å². The molecule has 1 aromatic rings. The van der Waals surface area contributed by atoms with Gasteiger partial charge in [0.15, 0.2) is 0 Å². The maximum absolute atomic E-state index is 2.40. The molecule has 2 bridgehead atoms. The Labute approximate surface area is 92.2 Å². The standard InChI is InChI=1S/C12H11I/c13-10-5-6-11-8-1-3-9(4-2-8)12(11)7-10/h1,3,5-9H,2,4H2. The third-order valence-corrected chi connectivity index (χ3v) is 3.88. The van der Waals surface area contributed by atoms with Gasteiger partial charge in [0.2, 0.25) is 0 Å². The summed E-state index contributed by atoms with van der Waals surface area (Å²) in [6, 6.07) is 6.90. The molecule has 66 valence electrons. The molecule has 0 heterocycles. The van der Waals surface area contributed by atoms with E-state index in [1.807, 2.05) is 0 Å². The van der Waals surface area contributed by atoms with Crippen LogP contribution in [0.15, 0.2) is 30.4 Å². The maximum Gasteiger partial charge on any atom is 0.0133 e. The predicted molar refractivity (Wildman–Crippen MR) is 63.0 cm³/mol. The minimum absolute atomic E-state index is 0.717. The number of fused-ring (bicyclic) bond motifs is 1. The molecule has 2 unspecified atom stereocenters. The molecule has 0 radical (unpaired) electrons. The first-order valence-electron chi connectivity index (χ1n) is 4.82. The molecular formula is C12H11I. The lowest BCUT2D eigenvalue weighted by atomic mass is 9.72. The first-order chi connectivity index (χ1) is 6.34. The van der Waals surface area contributed by atoms with Crippen molar-refractivity contribution >= 4 is 22.6 Å². The first-order valence-corrected chi connectivity index (χ1v) is 5.90. The van der Waals surface area contributed by atoms with E-state index in [2.05, 4.69) is 52.9 Å². The second-order valence-corrected chi connectivity index (χ2v) is 5.19. The molecule has 0 N–H and O–H groups in total. The van der Waals surface area contributed by atoms with Gasteiger partial charge in [0.05, 0.1) is 0 Å². The molecule has 0 saturated carbocycles. The van der Waals surface area contributed by atoms with Crippen molar-refractivity contribution in [1.29, 1.82) is 0 Å². The molecule has 0 aliphatic heterocycles. The fraction of sp³-hybridized carbons (Fsp3) is 0.333. The van der Waals surface area contributed by atoms with Crippen molar-refractivity contribution in [2.45, 2.75) is 24.7 Å². The predicted octanol–water partition coefficient (Wildman–Crippen LogP) is 3.82. The molecule has 0 nitrogen and oxygen atoms in total. The Morgan fingerprint density at radius 3 is 2.38 bits per heavy atom. The van der Waals surface area contributed by atoms with Crippen LogP contribution in [0.5, 0.6) is 0 Å². The zero-order valence-corrected chi connectivity index (χ0v) is 9.49. The van der Waals surface area contributed by atoms with Gasteiger partial charge in [-0.25, -0.2) is 0 Å². The average Bonchev–Trinajstić information content (AvgIpc) is 2.19. The SMILES string of the molecule is Ic1ccc2c(c1)C1C=CC2CC1. The summed E-state index contributed by atoms with van der Waals surface area (Å²) in [6.07, 6.45) is 7.50. The van der Waals surface area contributed by atoms with Gasteiger partial charge >= 0.3 is 0 Å². The van der Waals surface area contributed by atoms with E-state index in [9.17, 15) is 0 Å². The van der Waals surface area contributed by atoms with Crippen molar-refractivity contribution in [2.75, 3.05) is 0 Å². The Hall–Kier alpha value is -0.310. The van der Waals surface area contributed by atoms with E-state index in [0.29, 0.717) is 0 Å². The monoisotopic (exact) mass is 282 g/mol. The van der Waals surface area contributed by atoms with Crippen LogP contribution in [0.25, 0.3) is 0 Å². The fourth-order valence-corrected chi connectivity index (χ4v) is 3.06. The van der Waals surface area contributed by atoms with Crippen LogP contribution in [-0.2, 0) is 0 Å². The van der Waals surface area contributed by atoms with Gasteiger partial charge in [-0.1, -0.05) is 18.2 Å². The van der Waals surface area contributed by atoms with Crippen LogP contribution in [-0.4, -0.2) is 0 Å². The van der Waals surface area contributed by atoms with E-state index >= 15 is 0 Å². The molecule has 3 aliphatic carbocycles. The number of hydrogen-bond donors (Lipinski definition) is 0. The Balaban J connectivity index is 2.22. The van der Waals surface area contributed by atoms with E-state index < -0.39 is 0 Å². The van der Waals surface area contributed by atoms with Gasteiger partial charge in [0, 0.05) is 15.4 Å². The van der Waals surface area contributed by atoms with Gasteiger partial charge in [-0.3, -0.25) is 0 Å². The Morgan fingerprint density at radius 1 is 1.00 bits per heavy atom. The molecule has 3 aliphatic rings. The largest absolute Gasteiger partial charge is 0.0804 e. The molecular weight excluding hydrogens is 271 g/mol. The number of allylic oxidation sites excluding steroid dienone is 2. The molecule has 0 aromatic heterocycles. The van der Waals surface area contributed by atoms with E-state index in [-0.39, 0.29) is 0 Å². The molecule has 0 fully saturated rings. The highest BCUT2D eigenvalue weighted by atomic mass is 127. The first kappa shape index (κ1) is 8.04. The highest BCUT2D eigenvalue weighted by molar-refractivity contribution is 14.1. The highest BCUT2D eigenvalue weighted by Crippen LogP contribution is 2.45. The van der Waals surface area contributed by atoms with E-state index in [1.54, 1.807) is 11.1 Å². The van der Waals surface area contributed by atoms with Crippen LogP contribution in [0.4, 0.5) is 0 Å². The molecule has 1 aromatic carbocycles. The normalized spacial score (nSPS) is 29.0. The van der Waals surface area contributed by atoms with Crippen molar-refractivity contribution in [3.05, 3.63) is 45.0 Å². The number of rotatable bonds is 0. The van der Waals surface area contributed by atoms with Crippen LogP contribution in [0.1, 0.15) is 35.8 Å². The summed E-state index contributed by atoms with van der Waals surface area (Å²) in [7, 11) is 0. The second-order valence-electron chi connectivity index (χ2n) is 3.95. The maximum atomic E-state index is 2.40. The summed E-state index contributed by atoms with van der Waals surface area (Å²) < 4.78 is 1.37. The smallest absolute Gasteiger partial charge is 0.0133 e. The van der Waals surface area contributed by atoms with Gasteiger partial charge in [0.25, 0.3) is 0 Å². The third kappa shape index (κ3) is 1.17. The van der Waals surface area contributed by atoms with Crippen LogP contribution in [0.3, 0.4) is 0 Å². The fourth-order valence-electron chi connectivity index (χ4n) is 2.54. The van der Waals surface area contributed by atoms with E-state index in [0.717, 1.165) is 11.8 Å². The molecule has 2 atom stereocenters. The van der Waals surface area contributed by atoms with E-state index in [4.69, 9.17) is 0 Å². The highest BCUT2D eigenvalue weighted by Gasteiger charge is 2.28. The molecule has 13 heavy (non-hydrogen) atoms. The Bertz CT molecular complexity index is 379. The molecule has 4 rings (SSSR count). The zero-order chi connectivity index (χ0) is 8.84.